The van der Waals surface area contributed by atoms with E-state index in [1.54, 1.807) is 6.07 Å². The second-order valence-corrected chi connectivity index (χ2v) is 4.14. The van der Waals surface area contributed by atoms with Crippen LogP contribution in [0.15, 0.2) is 18.3 Å². The molecule has 18 heavy (non-hydrogen) atoms. The number of likely N-dealkylation sites (tertiary alicyclic amines) is 1. The van der Waals surface area contributed by atoms with Crippen LogP contribution in [0.2, 0.25) is 0 Å². The van der Waals surface area contributed by atoms with Gasteiger partial charge < -0.3 is 20.8 Å². The standard InChI is InChI=1S/C11H13N3O4/c12-7-2-1-3-13-9(7)10(16)14-5-6(15)4-8(14)11(17)18/h1-3,6,8,15H,4-5,12H2,(H,17,18)/t6-,8-/m1/s1. The van der Waals surface area contributed by atoms with Crippen molar-refractivity contribution in [1.29, 1.82) is 0 Å². The van der Waals surface area contributed by atoms with Crippen LogP contribution in [-0.4, -0.2) is 50.7 Å². The number of carbonyl (C=O) groups excluding carboxylic acids is 1. The molecule has 0 radical (unpaired) electrons. The molecule has 1 fully saturated rings. The molecule has 0 aliphatic carbocycles. The van der Waals surface area contributed by atoms with Gasteiger partial charge in [0, 0.05) is 19.2 Å². The molecule has 1 aliphatic heterocycles. The lowest BCUT2D eigenvalue weighted by Crippen LogP contribution is -2.41. The summed E-state index contributed by atoms with van der Waals surface area (Å²) >= 11 is 0. The fourth-order valence-electron chi connectivity index (χ4n) is 2.00. The van der Waals surface area contributed by atoms with E-state index >= 15 is 0 Å². The summed E-state index contributed by atoms with van der Waals surface area (Å²) in [5.41, 5.74) is 5.83. The molecule has 1 aromatic rings. The van der Waals surface area contributed by atoms with Crippen molar-refractivity contribution in [1.82, 2.24) is 9.88 Å². The van der Waals surface area contributed by atoms with E-state index in [-0.39, 0.29) is 24.3 Å². The smallest absolute Gasteiger partial charge is 0.326 e. The zero-order valence-corrected chi connectivity index (χ0v) is 9.48. The number of aromatic nitrogens is 1. The summed E-state index contributed by atoms with van der Waals surface area (Å²) in [6.45, 7) is -0.0220. The normalized spacial score (nSPS) is 23.1. The lowest BCUT2D eigenvalue weighted by molar-refractivity contribution is -0.141. The number of aliphatic hydroxyl groups is 1. The Bertz CT molecular complexity index is 491. The van der Waals surface area contributed by atoms with Gasteiger partial charge in [-0.05, 0) is 12.1 Å². The number of carboxylic acid groups (broad SMARTS) is 1. The van der Waals surface area contributed by atoms with Crippen molar-refractivity contribution >= 4 is 17.6 Å². The van der Waals surface area contributed by atoms with E-state index in [1.807, 2.05) is 0 Å². The van der Waals surface area contributed by atoms with Crippen molar-refractivity contribution in [3.05, 3.63) is 24.0 Å². The van der Waals surface area contributed by atoms with Gasteiger partial charge >= 0.3 is 5.97 Å². The number of hydrogen-bond donors (Lipinski definition) is 3. The minimum atomic E-state index is -1.14. The zero-order chi connectivity index (χ0) is 13.3. The van der Waals surface area contributed by atoms with E-state index in [0.29, 0.717) is 0 Å². The van der Waals surface area contributed by atoms with E-state index < -0.39 is 24.0 Å². The fourth-order valence-corrected chi connectivity index (χ4v) is 2.00. The van der Waals surface area contributed by atoms with E-state index in [9.17, 15) is 14.7 Å². The number of anilines is 1. The Balaban J connectivity index is 2.28. The number of rotatable bonds is 2. The number of carboxylic acids is 1. The summed E-state index contributed by atoms with van der Waals surface area (Å²) in [6.07, 6.45) is 0.597. The number of carbonyl (C=O) groups is 2. The summed E-state index contributed by atoms with van der Waals surface area (Å²) in [4.78, 5) is 28.1. The molecule has 1 aromatic heterocycles. The highest BCUT2D eigenvalue weighted by molar-refractivity contribution is 5.99. The Labute approximate surface area is 103 Å². The van der Waals surface area contributed by atoms with Crippen LogP contribution in [-0.2, 0) is 4.79 Å². The second kappa shape index (κ2) is 4.61. The average Bonchev–Trinajstić information content (AvgIpc) is 2.71. The number of amides is 1. The minimum absolute atomic E-state index is 0.0119. The van der Waals surface area contributed by atoms with Crippen molar-refractivity contribution in [3.63, 3.8) is 0 Å². The number of pyridine rings is 1. The van der Waals surface area contributed by atoms with Crippen molar-refractivity contribution in [3.8, 4) is 0 Å². The van der Waals surface area contributed by atoms with Crippen LogP contribution in [0, 0.1) is 0 Å². The number of aliphatic hydroxyl groups excluding tert-OH is 1. The third-order valence-electron chi connectivity index (χ3n) is 2.87. The van der Waals surface area contributed by atoms with E-state index in [1.165, 1.54) is 12.3 Å². The van der Waals surface area contributed by atoms with E-state index in [4.69, 9.17) is 10.8 Å². The highest BCUT2D eigenvalue weighted by Gasteiger charge is 2.40. The molecule has 7 heteroatoms. The maximum absolute atomic E-state index is 12.1. The molecule has 0 aromatic carbocycles. The summed E-state index contributed by atoms with van der Waals surface area (Å²) in [7, 11) is 0. The van der Waals surface area contributed by atoms with Gasteiger partial charge in [-0.2, -0.15) is 0 Å². The molecule has 0 spiro atoms. The third-order valence-corrected chi connectivity index (χ3v) is 2.87. The molecular formula is C11H13N3O4. The van der Waals surface area contributed by atoms with Gasteiger partial charge in [-0.25, -0.2) is 9.78 Å². The molecule has 7 nitrogen and oxygen atoms in total. The van der Waals surface area contributed by atoms with Crippen molar-refractivity contribution in [2.45, 2.75) is 18.6 Å². The first kappa shape index (κ1) is 12.3. The van der Waals surface area contributed by atoms with Gasteiger partial charge in [0.25, 0.3) is 5.91 Å². The zero-order valence-electron chi connectivity index (χ0n) is 9.48. The molecule has 96 valence electrons. The molecule has 2 rings (SSSR count). The molecule has 2 atom stereocenters. The first-order valence-electron chi connectivity index (χ1n) is 5.43. The Morgan fingerprint density at radius 3 is 2.83 bits per heavy atom. The van der Waals surface area contributed by atoms with E-state index in [2.05, 4.69) is 4.98 Å². The number of nitrogen functional groups attached to an aromatic ring is 1. The number of hydrogen-bond acceptors (Lipinski definition) is 5. The van der Waals surface area contributed by atoms with Crippen LogP contribution in [0.1, 0.15) is 16.9 Å². The quantitative estimate of drug-likeness (QED) is 0.641. The van der Waals surface area contributed by atoms with Gasteiger partial charge in [0.2, 0.25) is 0 Å². The Morgan fingerprint density at radius 2 is 2.22 bits per heavy atom. The van der Waals surface area contributed by atoms with Gasteiger partial charge in [-0.1, -0.05) is 0 Å². The minimum Gasteiger partial charge on any atom is -0.480 e. The predicted octanol–water partition coefficient (Wildman–Crippen LogP) is -0.676. The largest absolute Gasteiger partial charge is 0.480 e. The van der Waals surface area contributed by atoms with Crippen LogP contribution in [0.25, 0.3) is 0 Å². The molecular weight excluding hydrogens is 238 g/mol. The topological polar surface area (TPSA) is 117 Å². The summed E-state index contributed by atoms with van der Waals surface area (Å²) in [5.74, 6) is -1.72. The molecule has 1 amide bonds. The summed E-state index contributed by atoms with van der Waals surface area (Å²) in [5, 5.41) is 18.5. The SMILES string of the molecule is Nc1cccnc1C(=O)N1C[C@H](O)C[C@@H]1C(=O)O. The second-order valence-electron chi connectivity index (χ2n) is 4.14. The number of nitrogens with zero attached hydrogens (tertiary/aromatic N) is 2. The fraction of sp³-hybridized carbons (Fsp3) is 0.364. The van der Waals surface area contributed by atoms with Gasteiger partial charge in [0.15, 0.2) is 5.69 Å². The number of aliphatic carboxylic acids is 1. The predicted molar refractivity (Wildman–Crippen MR) is 61.7 cm³/mol. The monoisotopic (exact) mass is 251 g/mol. The average molecular weight is 251 g/mol. The first-order valence-corrected chi connectivity index (χ1v) is 5.43. The van der Waals surface area contributed by atoms with Crippen molar-refractivity contribution in [2.75, 3.05) is 12.3 Å². The maximum atomic E-state index is 12.1. The van der Waals surface area contributed by atoms with Gasteiger partial charge in [0.05, 0.1) is 11.8 Å². The summed E-state index contributed by atoms with van der Waals surface area (Å²) in [6, 6.07) is 2.07. The van der Waals surface area contributed by atoms with Crippen LogP contribution >= 0.6 is 0 Å². The molecule has 0 unspecified atom stereocenters. The van der Waals surface area contributed by atoms with Crippen LogP contribution in [0.5, 0.6) is 0 Å². The van der Waals surface area contributed by atoms with Gasteiger partial charge in [-0.15, -0.1) is 0 Å². The van der Waals surface area contributed by atoms with Crippen LogP contribution in [0.4, 0.5) is 5.69 Å². The summed E-state index contributed by atoms with van der Waals surface area (Å²) < 4.78 is 0. The van der Waals surface area contributed by atoms with Crippen LogP contribution in [0.3, 0.4) is 0 Å². The lowest BCUT2D eigenvalue weighted by Gasteiger charge is -2.21. The van der Waals surface area contributed by atoms with Gasteiger partial charge in [0.1, 0.15) is 6.04 Å². The molecule has 4 N–H and O–H groups in total. The Hall–Kier alpha value is -2.15. The van der Waals surface area contributed by atoms with Crippen LogP contribution < -0.4 is 5.73 Å². The molecule has 0 bridgehead atoms. The number of β-amino-alcohol motifs (C(OH)–C–C–N with tert-alkyl or cyclic N) is 1. The Morgan fingerprint density at radius 1 is 1.50 bits per heavy atom. The van der Waals surface area contributed by atoms with Gasteiger partial charge in [-0.3, -0.25) is 4.79 Å². The van der Waals surface area contributed by atoms with Crippen molar-refractivity contribution in [2.24, 2.45) is 0 Å². The molecule has 1 saturated heterocycles. The van der Waals surface area contributed by atoms with E-state index in [0.717, 1.165) is 4.90 Å². The maximum Gasteiger partial charge on any atom is 0.326 e. The third kappa shape index (κ3) is 2.12. The van der Waals surface area contributed by atoms with Crippen molar-refractivity contribution < 1.29 is 19.8 Å². The molecule has 1 aliphatic rings. The number of nitrogens with two attached hydrogens (primary N) is 1. The highest BCUT2D eigenvalue weighted by atomic mass is 16.4. The molecule has 2 heterocycles. The highest BCUT2D eigenvalue weighted by Crippen LogP contribution is 2.22. The lowest BCUT2D eigenvalue weighted by atomic mass is 10.2. The first-order chi connectivity index (χ1) is 8.50. The Kier molecular flexibility index (Phi) is 3.15. The molecule has 0 saturated carbocycles.